The molecule has 26 heavy (non-hydrogen) atoms. The number of aromatic amines is 1. The molecule has 1 aliphatic rings. The van der Waals surface area contributed by atoms with Gasteiger partial charge < -0.3 is 19.9 Å². The number of nitrogens with one attached hydrogen (secondary N) is 2. The lowest BCUT2D eigenvalue weighted by atomic mass is 10.0. The van der Waals surface area contributed by atoms with Crippen LogP contribution in [0.4, 0.5) is 10.5 Å². The number of carbonyl (C=O) groups is 1. The van der Waals surface area contributed by atoms with Gasteiger partial charge in [0.25, 0.3) is 0 Å². The van der Waals surface area contributed by atoms with Gasteiger partial charge in [0, 0.05) is 41.7 Å². The van der Waals surface area contributed by atoms with Crippen LogP contribution in [0, 0.1) is 11.3 Å². The van der Waals surface area contributed by atoms with Crippen LogP contribution < -0.4 is 10.1 Å². The molecule has 0 spiro atoms. The lowest BCUT2D eigenvalue weighted by Gasteiger charge is -2.27. The molecule has 2 heterocycles. The molecule has 4 rings (SSSR count). The molecular weight excluding hydrogens is 328 g/mol. The molecule has 2 N–H and O–H groups in total. The van der Waals surface area contributed by atoms with Crippen LogP contribution in [0.2, 0.25) is 0 Å². The van der Waals surface area contributed by atoms with Crippen LogP contribution in [0.3, 0.4) is 0 Å². The molecule has 0 unspecified atom stereocenters. The summed E-state index contributed by atoms with van der Waals surface area (Å²) in [5.41, 5.74) is 4.43. The van der Waals surface area contributed by atoms with E-state index in [0.29, 0.717) is 30.1 Å². The Hall–Kier alpha value is -3.46. The number of H-pyrrole nitrogens is 1. The van der Waals surface area contributed by atoms with Gasteiger partial charge in [0.15, 0.2) is 0 Å². The zero-order chi connectivity index (χ0) is 18.1. The maximum absolute atomic E-state index is 12.8. The minimum Gasteiger partial charge on any atom is -0.495 e. The fourth-order valence-electron chi connectivity index (χ4n) is 3.41. The van der Waals surface area contributed by atoms with E-state index in [4.69, 9.17) is 10.00 Å². The highest BCUT2D eigenvalue weighted by atomic mass is 16.5. The highest BCUT2D eigenvalue weighted by Crippen LogP contribution is 2.29. The van der Waals surface area contributed by atoms with Crippen molar-refractivity contribution >= 4 is 22.6 Å². The van der Waals surface area contributed by atoms with Crippen molar-refractivity contribution in [2.75, 3.05) is 19.0 Å². The second-order valence-electron chi connectivity index (χ2n) is 6.26. The predicted molar refractivity (Wildman–Crippen MR) is 99.1 cm³/mol. The number of rotatable bonds is 2. The lowest BCUT2D eigenvalue weighted by molar-refractivity contribution is 0.206. The van der Waals surface area contributed by atoms with Crippen LogP contribution in [0.1, 0.15) is 16.8 Å². The van der Waals surface area contributed by atoms with Crippen LogP contribution in [-0.2, 0) is 13.0 Å². The lowest BCUT2D eigenvalue weighted by Crippen LogP contribution is -2.38. The van der Waals surface area contributed by atoms with Crippen molar-refractivity contribution in [3.8, 4) is 11.8 Å². The molecule has 0 radical (unpaired) electrons. The second kappa shape index (κ2) is 6.45. The fourth-order valence-corrected chi connectivity index (χ4v) is 3.41. The molecule has 0 saturated carbocycles. The van der Waals surface area contributed by atoms with E-state index in [1.54, 1.807) is 23.1 Å². The summed E-state index contributed by atoms with van der Waals surface area (Å²) in [7, 11) is 1.54. The molecule has 0 saturated heterocycles. The van der Waals surface area contributed by atoms with Crippen molar-refractivity contribution in [1.29, 1.82) is 5.26 Å². The van der Waals surface area contributed by atoms with Gasteiger partial charge >= 0.3 is 6.03 Å². The number of nitrogens with zero attached hydrogens (tertiary/aromatic N) is 2. The summed E-state index contributed by atoms with van der Waals surface area (Å²) in [5.74, 6) is 0.530. The van der Waals surface area contributed by atoms with Crippen molar-refractivity contribution in [2.24, 2.45) is 0 Å². The average Bonchev–Trinajstić information content (AvgIpc) is 3.05. The number of aromatic nitrogens is 1. The van der Waals surface area contributed by atoms with Crippen LogP contribution in [0.15, 0.2) is 42.5 Å². The smallest absolute Gasteiger partial charge is 0.322 e. The summed E-state index contributed by atoms with van der Waals surface area (Å²) in [4.78, 5) is 18.0. The van der Waals surface area contributed by atoms with Crippen molar-refractivity contribution in [2.45, 2.75) is 13.0 Å². The monoisotopic (exact) mass is 346 g/mol. The largest absolute Gasteiger partial charge is 0.495 e. The number of anilines is 1. The highest BCUT2D eigenvalue weighted by molar-refractivity contribution is 5.92. The number of nitriles is 1. The first-order valence-electron chi connectivity index (χ1n) is 8.42. The summed E-state index contributed by atoms with van der Waals surface area (Å²) in [6.45, 7) is 1.18. The Morgan fingerprint density at radius 3 is 2.96 bits per heavy atom. The third-order valence-electron chi connectivity index (χ3n) is 4.74. The van der Waals surface area contributed by atoms with Gasteiger partial charge in [0.2, 0.25) is 0 Å². The molecule has 3 aromatic rings. The molecule has 0 atom stereocenters. The molecule has 130 valence electrons. The van der Waals surface area contributed by atoms with Crippen LogP contribution >= 0.6 is 0 Å². The topological polar surface area (TPSA) is 81.2 Å². The molecule has 0 aliphatic carbocycles. The van der Waals surface area contributed by atoms with Crippen LogP contribution in [0.25, 0.3) is 10.9 Å². The SMILES string of the molecule is COc1ccc(C#N)cc1NC(=O)N1CCc2[nH]c3ccccc3c2C1. The van der Waals surface area contributed by atoms with Gasteiger partial charge in [-0.3, -0.25) is 0 Å². The number of urea groups is 1. The Kier molecular flexibility index (Phi) is 3.98. The van der Waals surface area contributed by atoms with Gasteiger partial charge in [0.1, 0.15) is 5.75 Å². The van der Waals surface area contributed by atoms with E-state index < -0.39 is 0 Å². The number of hydrogen-bond donors (Lipinski definition) is 2. The summed E-state index contributed by atoms with van der Waals surface area (Å²) in [6, 6.07) is 15.0. The van der Waals surface area contributed by atoms with E-state index in [-0.39, 0.29) is 6.03 Å². The zero-order valence-corrected chi connectivity index (χ0v) is 14.4. The number of methoxy groups -OCH3 is 1. The van der Waals surface area contributed by atoms with Gasteiger partial charge in [-0.1, -0.05) is 18.2 Å². The van der Waals surface area contributed by atoms with E-state index in [1.807, 2.05) is 12.1 Å². The number of benzene rings is 2. The number of carbonyl (C=O) groups excluding carboxylic acids is 1. The molecule has 6 heteroatoms. The third-order valence-corrected chi connectivity index (χ3v) is 4.74. The number of ether oxygens (including phenoxy) is 1. The Balaban J connectivity index is 1.58. The minimum atomic E-state index is -0.200. The summed E-state index contributed by atoms with van der Waals surface area (Å²) >= 11 is 0. The Labute approximate surface area is 151 Å². The summed E-state index contributed by atoms with van der Waals surface area (Å²) < 4.78 is 5.29. The van der Waals surface area contributed by atoms with Gasteiger partial charge in [-0.25, -0.2) is 4.79 Å². The van der Waals surface area contributed by atoms with E-state index in [1.165, 1.54) is 18.4 Å². The van der Waals surface area contributed by atoms with E-state index in [0.717, 1.165) is 17.3 Å². The molecule has 0 bridgehead atoms. The van der Waals surface area contributed by atoms with Crippen LogP contribution in [-0.4, -0.2) is 29.6 Å². The number of amides is 2. The number of hydrogen-bond acceptors (Lipinski definition) is 3. The molecule has 6 nitrogen and oxygen atoms in total. The molecular formula is C20H18N4O2. The second-order valence-corrected chi connectivity index (χ2v) is 6.26. The molecule has 1 aromatic heterocycles. The first-order valence-corrected chi connectivity index (χ1v) is 8.42. The van der Waals surface area contributed by atoms with E-state index in [2.05, 4.69) is 28.5 Å². The predicted octanol–water partition coefficient (Wildman–Crippen LogP) is 3.64. The Bertz CT molecular complexity index is 1030. The highest BCUT2D eigenvalue weighted by Gasteiger charge is 2.24. The van der Waals surface area contributed by atoms with Gasteiger partial charge in [-0.2, -0.15) is 5.26 Å². The van der Waals surface area contributed by atoms with Crippen molar-refractivity contribution in [3.05, 3.63) is 59.3 Å². The summed E-state index contributed by atoms with van der Waals surface area (Å²) in [5, 5.41) is 13.1. The summed E-state index contributed by atoms with van der Waals surface area (Å²) in [6.07, 6.45) is 0.785. The van der Waals surface area contributed by atoms with Crippen molar-refractivity contribution in [1.82, 2.24) is 9.88 Å². The quantitative estimate of drug-likeness (QED) is 0.743. The third kappa shape index (κ3) is 2.74. The van der Waals surface area contributed by atoms with Crippen molar-refractivity contribution < 1.29 is 9.53 Å². The van der Waals surface area contributed by atoms with Crippen LogP contribution in [0.5, 0.6) is 5.75 Å². The van der Waals surface area contributed by atoms with E-state index in [9.17, 15) is 4.79 Å². The molecule has 1 aliphatic heterocycles. The van der Waals surface area contributed by atoms with E-state index >= 15 is 0 Å². The molecule has 2 amide bonds. The zero-order valence-electron chi connectivity index (χ0n) is 14.4. The standard InChI is InChI=1S/C20H18N4O2/c1-26-19-7-6-13(11-21)10-18(19)23-20(25)24-9-8-17-15(12-24)14-4-2-3-5-16(14)22-17/h2-7,10,22H,8-9,12H2,1H3,(H,23,25). The normalized spacial score (nSPS) is 13.2. The van der Waals surface area contributed by atoms with Gasteiger partial charge in [-0.05, 0) is 24.3 Å². The minimum absolute atomic E-state index is 0.200. The Morgan fingerprint density at radius 1 is 1.31 bits per heavy atom. The van der Waals surface area contributed by atoms with Gasteiger partial charge in [-0.15, -0.1) is 0 Å². The maximum atomic E-state index is 12.8. The molecule has 0 fully saturated rings. The van der Waals surface area contributed by atoms with Crippen molar-refractivity contribution in [3.63, 3.8) is 0 Å². The first kappa shape index (κ1) is 16.0. The Morgan fingerprint density at radius 2 is 2.15 bits per heavy atom. The molecule has 2 aromatic carbocycles. The van der Waals surface area contributed by atoms with Gasteiger partial charge in [0.05, 0.1) is 24.4 Å². The first-order chi connectivity index (χ1) is 12.7. The maximum Gasteiger partial charge on any atom is 0.322 e. The fraction of sp³-hybridized carbons (Fsp3) is 0.200. The number of fused-ring (bicyclic) bond motifs is 3. The average molecular weight is 346 g/mol. The number of para-hydroxylation sites is 1.